The van der Waals surface area contributed by atoms with Gasteiger partial charge in [0.2, 0.25) is 0 Å². The normalized spacial score (nSPS) is 9.07. The van der Waals surface area contributed by atoms with Crippen molar-refractivity contribution in [2.45, 2.75) is 0 Å². The Bertz CT molecular complexity index is 334. The lowest BCUT2D eigenvalue weighted by molar-refractivity contribution is 0.426. The zero-order chi connectivity index (χ0) is 10.4. The zero-order valence-electron chi connectivity index (χ0n) is 7.13. The Morgan fingerprint density at radius 1 is 1.07 bits per heavy atom. The van der Waals surface area contributed by atoms with Gasteiger partial charge < -0.3 is 10.0 Å². The summed E-state index contributed by atoms with van der Waals surface area (Å²) in [6, 6.07) is 3.69. The fourth-order valence-electron chi connectivity index (χ4n) is 0.670. The molecule has 2 aromatic rings. The van der Waals surface area contributed by atoms with Gasteiger partial charge in [-0.05, 0) is 43.6 Å². The smallest absolute Gasteiger partial charge is 0.423 e. The van der Waals surface area contributed by atoms with Gasteiger partial charge in [0.15, 0.2) is 0 Å². The Kier molecular flexibility index (Phi) is 5.43. The van der Waals surface area contributed by atoms with Crippen LogP contribution in [0.2, 0.25) is 0 Å². The van der Waals surface area contributed by atoms with E-state index in [0.717, 1.165) is 0 Å². The zero-order valence-corrected chi connectivity index (χ0v) is 10.3. The molecule has 0 saturated carbocycles. The summed E-state index contributed by atoms with van der Waals surface area (Å²) >= 11 is 6.43. The minimum atomic E-state index is -1.30. The van der Waals surface area contributed by atoms with Crippen LogP contribution in [0.5, 0.6) is 0 Å². The van der Waals surface area contributed by atoms with Crippen molar-refractivity contribution in [2.24, 2.45) is 0 Å². The average Bonchev–Trinajstić information content (AvgIpc) is 2.75. The van der Waals surface area contributed by atoms with Crippen LogP contribution in [0.1, 0.15) is 0 Å². The van der Waals surface area contributed by atoms with Gasteiger partial charge >= 0.3 is 7.12 Å². The van der Waals surface area contributed by atoms with Gasteiger partial charge in [-0.3, -0.25) is 0 Å². The predicted octanol–water partition coefficient (Wildman–Crippen LogP) is 1.94. The topological polar surface area (TPSA) is 40.5 Å². The van der Waals surface area contributed by atoms with E-state index >= 15 is 0 Å². The van der Waals surface area contributed by atoms with Crippen molar-refractivity contribution in [1.82, 2.24) is 0 Å². The largest absolute Gasteiger partial charge is 0.489 e. The van der Waals surface area contributed by atoms with Gasteiger partial charge in [0.05, 0.1) is 0 Å². The molecule has 0 fully saturated rings. The van der Waals surface area contributed by atoms with Crippen molar-refractivity contribution in [3.63, 3.8) is 0 Å². The maximum Gasteiger partial charge on any atom is 0.489 e. The van der Waals surface area contributed by atoms with Gasteiger partial charge in [-0.1, -0.05) is 6.07 Å². The minimum absolute atomic E-state index is 0.565. The van der Waals surface area contributed by atoms with Crippen LogP contribution in [0.3, 0.4) is 0 Å². The summed E-state index contributed by atoms with van der Waals surface area (Å²) < 4.78 is 1.17. The van der Waals surface area contributed by atoms with Crippen molar-refractivity contribution >= 4 is 51.2 Å². The van der Waals surface area contributed by atoms with Crippen molar-refractivity contribution < 1.29 is 10.0 Å². The Morgan fingerprint density at radius 3 is 1.93 bits per heavy atom. The first kappa shape index (κ1) is 11.9. The number of rotatable bonds is 1. The molecule has 6 heteroatoms. The molecule has 0 spiro atoms. The fourth-order valence-corrected chi connectivity index (χ4v) is 2.48. The van der Waals surface area contributed by atoms with Crippen molar-refractivity contribution in [1.29, 1.82) is 0 Å². The lowest BCUT2D eigenvalue weighted by atomic mass is 9.83. The maximum absolute atomic E-state index is 8.47. The van der Waals surface area contributed by atoms with Crippen molar-refractivity contribution in [3.05, 3.63) is 38.1 Å². The van der Waals surface area contributed by atoms with Crippen LogP contribution in [-0.2, 0) is 0 Å². The van der Waals surface area contributed by atoms with Crippen LogP contribution in [0, 0.1) is 0 Å². The number of hydrogen-bond acceptors (Lipinski definition) is 4. The standard InChI is InChI=1S/C4H5BO2S.C4H3BrS/c6-5(7)4-1-2-8-3-4;5-4-1-2-6-3-4/h1-3,6-7H;1-3H. The summed E-state index contributed by atoms with van der Waals surface area (Å²) in [5, 5.41) is 24.5. The molecule has 0 aliphatic rings. The molecule has 0 amide bonds. The lowest BCUT2D eigenvalue weighted by Gasteiger charge is -1.87. The molecule has 14 heavy (non-hydrogen) atoms. The van der Waals surface area contributed by atoms with Crippen molar-refractivity contribution in [3.8, 4) is 0 Å². The van der Waals surface area contributed by atoms with E-state index < -0.39 is 7.12 Å². The van der Waals surface area contributed by atoms with Crippen LogP contribution >= 0.6 is 38.6 Å². The molecule has 0 unspecified atom stereocenters. The summed E-state index contributed by atoms with van der Waals surface area (Å²) in [7, 11) is -1.30. The third kappa shape index (κ3) is 4.39. The molecule has 0 saturated heterocycles. The van der Waals surface area contributed by atoms with E-state index in [1.165, 1.54) is 15.8 Å². The van der Waals surface area contributed by atoms with Gasteiger partial charge in [0.1, 0.15) is 0 Å². The number of hydrogen-bond donors (Lipinski definition) is 2. The van der Waals surface area contributed by atoms with E-state index in [-0.39, 0.29) is 0 Å². The molecule has 2 N–H and O–H groups in total. The Labute approximate surface area is 99.1 Å². The molecule has 2 aromatic heterocycles. The molecule has 2 rings (SSSR count). The van der Waals surface area contributed by atoms with Gasteiger partial charge in [-0.15, -0.1) is 0 Å². The average molecular weight is 291 g/mol. The van der Waals surface area contributed by atoms with Crippen LogP contribution in [0.15, 0.2) is 38.1 Å². The van der Waals surface area contributed by atoms with E-state index in [0.29, 0.717) is 5.46 Å². The first-order valence-electron chi connectivity index (χ1n) is 3.76. The molecule has 0 aliphatic carbocycles. The molecule has 0 aliphatic heterocycles. The van der Waals surface area contributed by atoms with E-state index in [2.05, 4.69) is 15.9 Å². The lowest BCUT2D eigenvalue weighted by Crippen LogP contribution is -2.27. The number of halogens is 1. The van der Waals surface area contributed by atoms with Gasteiger partial charge in [0, 0.05) is 9.85 Å². The highest BCUT2D eigenvalue weighted by molar-refractivity contribution is 9.10. The van der Waals surface area contributed by atoms with E-state index in [1.807, 2.05) is 16.8 Å². The molecular weight excluding hydrogens is 283 g/mol. The van der Waals surface area contributed by atoms with Gasteiger partial charge in [-0.2, -0.15) is 22.7 Å². The highest BCUT2D eigenvalue weighted by atomic mass is 79.9. The van der Waals surface area contributed by atoms with Crippen LogP contribution in [-0.4, -0.2) is 17.2 Å². The van der Waals surface area contributed by atoms with Gasteiger partial charge in [-0.25, -0.2) is 0 Å². The van der Waals surface area contributed by atoms with Gasteiger partial charge in [0.25, 0.3) is 0 Å². The summed E-state index contributed by atoms with van der Waals surface area (Å²) in [5.41, 5.74) is 0.565. The Balaban J connectivity index is 0.000000146. The monoisotopic (exact) mass is 290 g/mol. The SMILES string of the molecule is Brc1ccsc1.OB(O)c1ccsc1. The fraction of sp³-hybridized carbons (Fsp3) is 0. The first-order valence-corrected chi connectivity index (χ1v) is 6.44. The second-order valence-corrected chi connectivity index (χ2v) is 4.85. The molecule has 74 valence electrons. The van der Waals surface area contributed by atoms with E-state index in [4.69, 9.17) is 10.0 Å². The van der Waals surface area contributed by atoms with Crippen LogP contribution in [0.4, 0.5) is 0 Å². The van der Waals surface area contributed by atoms with Crippen LogP contribution in [0.25, 0.3) is 0 Å². The summed E-state index contributed by atoms with van der Waals surface area (Å²) in [6.07, 6.45) is 0. The summed E-state index contributed by atoms with van der Waals surface area (Å²) in [5.74, 6) is 0. The minimum Gasteiger partial charge on any atom is -0.423 e. The third-order valence-electron chi connectivity index (χ3n) is 1.33. The Hall–Kier alpha value is -0.135. The van der Waals surface area contributed by atoms with E-state index in [9.17, 15) is 0 Å². The molecule has 0 radical (unpaired) electrons. The molecule has 0 atom stereocenters. The highest BCUT2D eigenvalue weighted by Crippen LogP contribution is 2.11. The first-order chi connectivity index (χ1) is 6.70. The molecule has 0 aromatic carbocycles. The summed E-state index contributed by atoms with van der Waals surface area (Å²) in [4.78, 5) is 0. The highest BCUT2D eigenvalue weighted by Gasteiger charge is 2.08. The summed E-state index contributed by atoms with van der Waals surface area (Å²) in [6.45, 7) is 0. The molecule has 0 bridgehead atoms. The Morgan fingerprint density at radius 2 is 1.71 bits per heavy atom. The van der Waals surface area contributed by atoms with Crippen molar-refractivity contribution in [2.75, 3.05) is 0 Å². The van der Waals surface area contributed by atoms with Crippen LogP contribution < -0.4 is 5.46 Å². The molecule has 2 nitrogen and oxygen atoms in total. The second kappa shape index (κ2) is 6.37. The molecular formula is C8H8BBrO2S2. The molecule has 2 heterocycles. The predicted molar refractivity (Wildman–Crippen MR) is 66.2 cm³/mol. The third-order valence-corrected chi connectivity index (χ3v) is 3.51. The second-order valence-electron chi connectivity index (χ2n) is 2.37. The van der Waals surface area contributed by atoms with E-state index in [1.54, 1.807) is 28.2 Å². The number of thiophene rings is 2. The quantitative estimate of drug-likeness (QED) is 0.788. The maximum atomic E-state index is 8.47.